The molecule has 1 amide bonds. The molecule has 1 aromatic rings. The maximum absolute atomic E-state index is 12.0. The molecule has 0 fully saturated rings. The van der Waals surface area contributed by atoms with Gasteiger partial charge in [-0.25, -0.2) is 0 Å². The van der Waals surface area contributed by atoms with Gasteiger partial charge in [0.2, 0.25) is 0 Å². The third-order valence-corrected chi connectivity index (χ3v) is 1.75. The molecule has 0 aliphatic carbocycles. The average molecular weight is 201 g/mol. The van der Waals surface area contributed by atoms with Crippen LogP contribution in [0.25, 0.3) is 0 Å². The number of halogens is 2. The minimum absolute atomic E-state index is 0.0200. The SMILES string of the molecule is CN(C(=O)C(F)F)c1ccc(O)cc1. The first-order valence-corrected chi connectivity index (χ1v) is 3.87. The number of alkyl halides is 2. The van der Waals surface area contributed by atoms with E-state index in [0.717, 1.165) is 4.90 Å². The standard InChI is InChI=1S/C9H9F2NO2/c1-12(9(14)8(10)11)6-2-4-7(13)5-3-6/h2-5,8,13H,1H3. The second-order valence-corrected chi connectivity index (χ2v) is 2.71. The average Bonchev–Trinajstić information content (AvgIpc) is 2.16. The van der Waals surface area contributed by atoms with Crippen LogP contribution in [0.5, 0.6) is 5.75 Å². The molecule has 0 radical (unpaired) electrons. The number of phenolic OH excluding ortho intramolecular Hbond substituents is 1. The molecule has 0 saturated heterocycles. The van der Waals surface area contributed by atoms with E-state index < -0.39 is 12.3 Å². The molecule has 1 rings (SSSR count). The van der Waals surface area contributed by atoms with Gasteiger partial charge in [-0.1, -0.05) is 0 Å². The summed E-state index contributed by atoms with van der Waals surface area (Å²) >= 11 is 0. The van der Waals surface area contributed by atoms with Gasteiger partial charge in [-0.2, -0.15) is 8.78 Å². The normalized spacial score (nSPS) is 10.3. The summed E-state index contributed by atoms with van der Waals surface area (Å²) in [5.74, 6) is -1.25. The van der Waals surface area contributed by atoms with Gasteiger partial charge in [0.25, 0.3) is 5.91 Å². The van der Waals surface area contributed by atoms with Gasteiger partial charge in [-0.3, -0.25) is 4.79 Å². The highest BCUT2D eigenvalue weighted by molar-refractivity contribution is 5.95. The Morgan fingerprint density at radius 1 is 1.36 bits per heavy atom. The molecule has 0 atom stereocenters. The van der Waals surface area contributed by atoms with Crippen LogP contribution in [0.4, 0.5) is 14.5 Å². The van der Waals surface area contributed by atoms with Crippen molar-refractivity contribution < 1.29 is 18.7 Å². The van der Waals surface area contributed by atoms with Crippen LogP contribution < -0.4 is 4.90 Å². The van der Waals surface area contributed by atoms with E-state index in [1.807, 2.05) is 0 Å². The van der Waals surface area contributed by atoms with E-state index in [0.29, 0.717) is 5.69 Å². The van der Waals surface area contributed by atoms with Crippen LogP contribution >= 0.6 is 0 Å². The Morgan fingerprint density at radius 3 is 2.29 bits per heavy atom. The van der Waals surface area contributed by atoms with E-state index in [-0.39, 0.29) is 5.75 Å². The summed E-state index contributed by atoms with van der Waals surface area (Å²) in [4.78, 5) is 11.7. The van der Waals surface area contributed by atoms with Crippen molar-refractivity contribution in [2.24, 2.45) is 0 Å². The van der Waals surface area contributed by atoms with E-state index in [1.165, 1.54) is 31.3 Å². The van der Waals surface area contributed by atoms with Crippen molar-refractivity contribution in [1.82, 2.24) is 0 Å². The Balaban J connectivity index is 2.84. The molecule has 0 aromatic heterocycles. The lowest BCUT2D eigenvalue weighted by Gasteiger charge is -2.16. The number of carbonyl (C=O) groups excluding carboxylic acids is 1. The molecule has 0 aliphatic heterocycles. The van der Waals surface area contributed by atoms with Crippen molar-refractivity contribution in [1.29, 1.82) is 0 Å². The minimum atomic E-state index is -3.02. The molecule has 0 bridgehead atoms. The van der Waals surface area contributed by atoms with E-state index in [9.17, 15) is 13.6 Å². The van der Waals surface area contributed by atoms with Crippen molar-refractivity contribution in [2.45, 2.75) is 6.43 Å². The predicted molar refractivity (Wildman–Crippen MR) is 47.5 cm³/mol. The number of benzene rings is 1. The maximum Gasteiger partial charge on any atom is 0.316 e. The molecular weight excluding hydrogens is 192 g/mol. The summed E-state index contributed by atoms with van der Waals surface area (Å²) < 4.78 is 24.0. The second kappa shape index (κ2) is 4.04. The Hall–Kier alpha value is -1.65. The fourth-order valence-corrected chi connectivity index (χ4v) is 0.950. The van der Waals surface area contributed by atoms with Crippen LogP contribution in [-0.2, 0) is 4.79 Å². The van der Waals surface area contributed by atoms with Gasteiger partial charge in [-0.05, 0) is 24.3 Å². The van der Waals surface area contributed by atoms with Crippen molar-refractivity contribution in [3.05, 3.63) is 24.3 Å². The van der Waals surface area contributed by atoms with Crippen molar-refractivity contribution >= 4 is 11.6 Å². The van der Waals surface area contributed by atoms with Gasteiger partial charge < -0.3 is 10.0 Å². The highest BCUT2D eigenvalue weighted by Gasteiger charge is 2.20. The summed E-state index contributed by atoms with van der Waals surface area (Å²) in [6, 6.07) is 5.42. The largest absolute Gasteiger partial charge is 0.508 e. The van der Waals surface area contributed by atoms with Gasteiger partial charge in [0, 0.05) is 12.7 Å². The lowest BCUT2D eigenvalue weighted by atomic mass is 10.3. The third kappa shape index (κ3) is 2.18. The second-order valence-electron chi connectivity index (χ2n) is 2.71. The van der Waals surface area contributed by atoms with Crippen LogP contribution in [0, 0.1) is 0 Å². The molecule has 1 N–H and O–H groups in total. The first kappa shape index (κ1) is 10.4. The number of nitrogens with zero attached hydrogens (tertiary/aromatic N) is 1. The minimum Gasteiger partial charge on any atom is -0.508 e. The predicted octanol–water partition coefficient (Wildman–Crippen LogP) is 1.62. The number of anilines is 1. The Kier molecular flexibility index (Phi) is 3.01. The van der Waals surface area contributed by atoms with Crippen LogP contribution in [-0.4, -0.2) is 24.5 Å². The van der Waals surface area contributed by atoms with Gasteiger partial charge >= 0.3 is 6.43 Å². The fraction of sp³-hybridized carbons (Fsp3) is 0.222. The summed E-state index contributed by atoms with van der Waals surface area (Å²) in [5, 5.41) is 8.93. The van der Waals surface area contributed by atoms with Crippen molar-refractivity contribution in [2.75, 3.05) is 11.9 Å². The topological polar surface area (TPSA) is 40.5 Å². The maximum atomic E-state index is 12.0. The molecular formula is C9H9F2NO2. The zero-order chi connectivity index (χ0) is 10.7. The molecule has 0 aliphatic rings. The Bertz CT molecular complexity index is 324. The molecule has 76 valence electrons. The first-order valence-electron chi connectivity index (χ1n) is 3.87. The molecule has 0 spiro atoms. The van der Waals surface area contributed by atoms with Gasteiger partial charge in [0.15, 0.2) is 0 Å². The van der Waals surface area contributed by atoms with Crippen LogP contribution in [0.3, 0.4) is 0 Å². The summed E-state index contributed by atoms with van der Waals surface area (Å²) in [7, 11) is 1.25. The highest BCUT2D eigenvalue weighted by atomic mass is 19.3. The van der Waals surface area contributed by atoms with E-state index in [2.05, 4.69) is 0 Å². The molecule has 14 heavy (non-hydrogen) atoms. The summed E-state index contributed by atoms with van der Waals surface area (Å²) in [6.07, 6.45) is -3.02. The summed E-state index contributed by atoms with van der Waals surface area (Å²) in [6.45, 7) is 0. The number of rotatable bonds is 2. The van der Waals surface area contributed by atoms with Crippen LogP contribution in [0.15, 0.2) is 24.3 Å². The Labute approximate surface area is 79.6 Å². The third-order valence-electron chi connectivity index (χ3n) is 1.75. The number of amides is 1. The Morgan fingerprint density at radius 2 is 1.86 bits per heavy atom. The molecule has 0 saturated carbocycles. The molecule has 5 heteroatoms. The first-order chi connectivity index (χ1) is 6.52. The lowest BCUT2D eigenvalue weighted by molar-refractivity contribution is -0.128. The number of hydrogen-bond acceptors (Lipinski definition) is 2. The van der Waals surface area contributed by atoms with Gasteiger partial charge in [-0.15, -0.1) is 0 Å². The smallest absolute Gasteiger partial charge is 0.316 e. The van der Waals surface area contributed by atoms with E-state index in [1.54, 1.807) is 0 Å². The monoisotopic (exact) mass is 201 g/mol. The fourth-order valence-electron chi connectivity index (χ4n) is 0.950. The number of hydrogen-bond donors (Lipinski definition) is 1. The zero-order valence-corrected chi connectivity index (χ0v) is 7.45. The zero-order valence-electron chi connectivity index (χ0n) is 7.45. The lowest BCUT2D eigenvalue weighted by Crippen LogP contribution is -2.31. The molecule has 1 aromatic carbocycles. The van der Waals surface area contributed by atoms with Crippen LogP contribution in [0.1, 0.15) is 0 Å². The quantitative estimate of drug-likeness (QED) is 0.789. The molecule has 0 unspecified atom stereocenters. The number of phenols is 1. The number of carbonyl (C=O) groups is 1. The van der Waals surface area contributed by atoms with Crippen LogP contribution in [0.2, 0.25) is 0 Å². The summed E-state index contributed by atoms with van der Waals surface area (Å²) in [5.41, 5.74) is 0.313. The van der Waals surface area contributed by atoms with Crippen molar-refractivity contribution in [3.63, 3.8) is 0 Å². The molecule has 3 nitrogen and oxygen atoms in total. The van der Waals surface area contributed by atoms with E-state index >= 15 is 0 Å². The van der Waals surface area contributed by atoms with Gasteiger partial charge in [0.1, 0.15) is 5.75 Å². The van der Waals surface area contributed by atoms with Gasteiger partial charge in [0.05, 0.1) is 0 Å². The van der Waals surface area contributed by atoms with Crippen molar-refractivity contribution in [3.8, 4) is 5.75 Å². The van der Waals surface area contributed by atoms with E-state index in [4.69, 9.17) is 5.11 Å². The molecule has 0 heterocycles. The number of aromatic hydroxyl groups is 1. The highest BCUT2D eigenvalue weighted by Crippen LogP contribution is 2.18.